The maximum absolute atomic E-state index is 12.2. The molecule has 0 radical (unpaired) electrons. The Hall–Kier alpha value is -1.16. The fourth-order valence-corrected chi connectivity index (χ4v) is 4.91. The molecule has 1 atom stereocenters. The first-order chi connectivity index (χ1) is 10.8. The summed E-state index contributed by atoms with van der Waals surface area (Å²) in [6.45, 7) is 1.79. The second-order valence-corrected chi connectivity index (χ2v) is 8.68. The zero-order valence-corrected chi connectivity index (χ0v) is 15.7. The minimum atomic E-state index is -3.07. The lowest BCUT2D eigenvalue weighted by molar-refractivity contribution is -0.136. The molecule has 1 aliphatic heterocycles. The smallest absolute Gasteiger partial charge is 0.339 e. The van der Waals surface area contributed by atoms with Gasteiger partial charge in [0.05, 0.1) is 17.1 Å². The Kier molecular flexibility index (Phi) is 6.01. The number of rotatable bonds is 5. The monoisotopic (exact) mass is 451 g/mol. The molecule has 126 valence electrons. The molecule has 0 N–H and O–H groups in total. The minimum Gasteiger partial charge on any atom is -0.452 e. The molecular formula is C15H18INO5S. The van der Waals surface area contributed by atoms with Crippen LogP contribution in [0.4, 0.5) is 0 Å². The van der Waals surface area contributed by atoms with Gasteiger partial charge < -0.3 is 9.64 Å². The molecular weight excluding hydrogens is 433 g/mol. The van der Waals surface area contributed by atoms with Crippen LogP contribution in [0.3, 0.4) is 0 Å². The van der Waals surface area contributed by atoms with E-state index in [1.807, 2.05) is 28.7 Å². The number of likely N-dealkylation sites (N-methyl/N-ethyl adjacent to an activating group) is 1. The van der Waals surface area contributed by atoms with Crippen molar-refractivity contribution in [2.75, 3.05) is 24.7 Å². The number of carbonyl (C=O) groups excluding carboxylic acids is 2. The van der Waals surface area contributed by atoms with Gasteiger partial charge in [0.15, 0.2) is 16.4 Å². The van der Waals surface area contributed by atoms with Crippen LogP contribution < -0.4 is 0 Å². The molecule has 0 saturated carbocycles. The molecule has 1 aromatic carbocycles. The number of hydrogen-bond acceptors (Lipinski definition) is 5. The molecule has 1 amide bonds. The Bertz CT molecular complexity index is 704. The molecule has 1 fully saturated rings. The van der Waals surface area contributed by atoms with Gasteiger partial charge >= 0.3 is 5.97 Å². The van der Waals surface area contributed by atoms with Gasteiger partial charge in [-0.1, -0.05) is 12.1 Å². The number of halogens is 1. The zero-order chi connectivity index (χ0) is 17.0. The molecule has 0 aliphatic carbocycles. The summed E-state index contributed by atoms with van der Waals surface area (Å²) in [6.07, 6.45) is 0.437. The molecule has 0 spiro atoms. The second-order valence-electron chi connectivity index (χ2n) is 5.29. The van der Waals surface area contributed by atoms with Crippen LogP contribution in [0.25, 0.3) is 0 Å². The SMILES string of the molecule is CCN(C(=O)COC(=O)c1ccccc1I)C1CCS(=O)(=O)C1. The third kappa shape index (κ3) is 4.66. The highest BCUT2D eigenvalue weighted by atomic mass is 127. The van der Waals surface area contributed by atoms with Crippen molar-refractivity contribution in [2.24, 2.45) is 0 Å². The maximum Gasteiger partial charge on any atom is 0.339 e. The van der Waals surface area contributed by atoms with Crippen LogP contribution in [0.1, 0.15) is 23.7 Å². The van der Waals surface area contributed by atoms with Gasteiger partial charge in [-0.2, -0.15) is 0 Å². The molecule has 23 heavy (non-hydrogen) atoms. The summed E-state index contributed by atoms with van der Waals surface area (Å²) in [7, 11) is -3.07. The molecule has 8 heteroatoms. The first-order valence-electron chi connectivity index (χ1n) is 7.25. The highest BCUT2D eigenvalue weighted by Gasteiger charge is 2.34. The lowest BCUT2D eigenvalue weighted by Gasteiger charge is -2.26. The lowest BCUT2D eigenvalue weighted by Crippen LogP contribution is -2.43. The summed E-state index contributed by atoms with van der Waals surface area (Å²) >= 11 is 2.03. The molecule has 0 aromatic heterocycles. The topological polar surface area (TPSA) is 80.8 Å². The van der Waals surface area contributed by atoms with Crippen molar-refractivity contribution in [3.05, 3.63) is 33.4 Å². The van der Waals surface area contributed by atoms with Gasteiger partial charge in [-0.25, -0.2) is 13.2 Å². The minimum absolute atomic E-state index is 0.0168. The van der Waals surface area contributed by atoms with Gasteiger partial charge in [-0.3, -0.25) is 4.79 Å². The van der Waals surface area contributed by atoms with Crippen LogP contribution in [0.2, 0.25) is 0 Å². The van der Waals surface area contributed by atoms with Crippen LogP contribution in [-0.4, -0.2) is 55.9 Å². The van der Waals surface area contributed by atoms with Crippen molar-refractivity contribution in [1.29, 1.82) is 0 Å². The lowest BCUT2D eigenvalue weighted by atomic mass is 10.2. The van der Waals surface area contributed by atoms with Gasteiger partial charge in [0.2, 0.25) is 0 Å². The Balaban J connectivity index is 1.95. The van der Waals surface area contributed by atoms with Crippen molar-refractivity contribution < 1.29 is 22.7 Å². The highest BCUT2D eigenvalue weighted by molar-refractivity contribution is 14.1. The van der Waals surface area contributed by atoms with Gasteiger partial charge in [0, 0.05) is 16.2 Å². The quantitative estimate of drug-likeness (QED) is 0.501. The Morgan fingerprint density at radius 1 is 1.35 bits per heavy atom. The van der Waals surface area contributed by atoms with E-state index in [-0.39, 0.29) is 30.1 Å². The van der Waals surface area contributed by atoms with E-state index >= 15 is 0 Å². The van der Waals surface area contributed by atoms with E-state index in [2.05, 4.69) is 0 Å². The van der Waals surface area contributed by atoms with Crippen molar-refractivity contribution in [3.8, 4) is 0 Å². The summed E-state index contributed by atoms with van der Waals surface area (Å²) in [5, 5.41) is 0. The van der Waals surface area contributed by atoms with Crippen molar-refractivity contribution in [3.63, 3.8) is 0 Å². The summed E-state index contributed by atoms with van der Waals surface area (Å²) in [4.78, 5) is 25.7. The van der Waals surface area contributed by atoms with Gasteiger partial charge in [0.25, 0.3) is 5.91 Å². The number of benzene rings is 1. The second kappa shape index (κ2) is 7.61. The summed E-state index contributed by atoms with van der Waals surface area (Å²) < 4.78 is 28.9. The van der Waals surface area contributed by atoms with E-state index < -0.39 is 15.8 Å². The van der Waals surface area contributed by atoms with Crippen LogP contribution in [-0.2, 0) is 19.4 Å². The predicted molar refractivity (Wildman–Crippen MR) is 93.9 cm³/mol. The fraction of sp³-hybridized carbons (Fsp3) is 0.467. The van der Waals surface area contributed by atoms with Crippen LogP contribution in [0.5, 0.6) is 0 Å². The van der Waals surface area contributed by atoms with E-state index in [4.69, 9.17) is 4.74 Å². The van der Waals surface area contributed by atoms with E-state index in [9.17, 15) is 18.0 Å². The molecule has 0 bridgehead atoms. The number of carbonyl (C=O) groups is 2. The van der Waals surface area contributed by atoms with E-state index in [1.165, 1.54) is 4.90 Å². The highest BCUT2D eigenvalue weighted by Crippen LogP contribution is 2.18. The van der Waals surface area contributed by atoms with E-state index in [0.29, 0.717) is 18.5 Å². The van der Waals surface area contributed by atoms with Crippen LogP contribution >= 0.6 is 22.6 Å². The zero-order valence-electron chi connectivity index (χ0n) is 12.7. The number of amides is 1. The van der Waals surface area contributed by atoms with Crippen molar-refractivity contribution >= 4 is 44.3 Å². The van der Waals surface area contributed by atoms with Crippen LogP contribution in [0, 0.1) is 3.57 Å². The number of hydrogen-bond donors (Lipinski definition) is 0. The predicted octanol–water partition coefficient (Wildman–Crippen LogP) is 1.48. The molecule has 6 nitrogen and oxygen atoms in total. The average Bonchev–Trinajstić information content (AvgIpc) is 2.86. The number of nitrogens with zero attached hydrogens (tertiary/aromatic N) is 1. The van der Waals surface area contributed by atoms with Gasteiger partial charge in [-0.15, -0.1) is 0 Å². The normalized spacial score (nSPS) is 19.3. The maximum atomic E-state index is 12.2. The van der Waals surface area contributed by atoms with E-state index in [0.717, 1.165) is 3.57 Å². The van der Waals surface area contributed by atoms with Gasteiger partial charge in [-0.05, 0) is 48.1 Å². The first kappa shape index (κ1) is 18.2. The molecule has 1 unspecified atom stereocenters. The molecule has 2 rings (SSSR count). The van der Waals surface area contributed by atoms with Crippen LogP contribution in [0.15, 0.2) is 24.3 Å². The summed E-state index contributed by atoms with van der Waals surface area (Å²) in [6, 6.07) is 6.62. The fourth-order valence-electron chi connectivity index (χ4n) is 2.57. The first-order valence-corrected chi connectivity index (χ1v) is 10.2. The van der Waals surface area contributed by atoms with Gasteiger partial charge in [0.1, 0.15) is 0 Å². The number of sulfone groups is 1. The molecule has 1 saturated heterocycles. The summed E-state index contributed by atoms with van der Waals surface area (Å²) in [5.74, 6) is -0.840. The number of esters is 1. The summed E-state index contributed by atoms with van der Waals surface area (Å²) in [5.41, 5.74) is 0.410. The van der Waals surface area contributed by atoms with Crippen molar-refractivity contribution in [1.82, 2.24) is 4.90 Å². The molecule has 1 aliphatic rings. The molecule has 1 aromatic rings. The Morgan fingerprint density at radius 2 is 2.04 bits per heavy atom. The third-order valence-electron chi connectivity index (χ3n) is 3.73. The standard InChI is InChI=1S/C15H18INO5S/c1-2-17(11-7-8-23(20,21)10-11)14(18)9-22-15(19)12-5-3-4-6-13(12)16/h3-6,11H,2,7-10H2,1H3. The van der Waals surface area contributed by atoms with E-state index in [1.54, 1.807) is 25.1 Å². The number of ether oxygens (including phenoxy) is 1. The Labute approximate surface area is 149 Å². The largest absolute Gasteiger partial charge is 0.452 e. The Morgan fingerprint density at radius 3 is 2.61 bits per heavy atom. The van der Waals surface area contributed by atoms with Crippen molar-refractivity contribution in [2.45, 2.75) is 19.4 Å². The third-order valence-corrected chi connectivity index (χ3v) is 6.42. The molecule has 1 heterocycles. The average molecular weight is 451 g/mol.